The van der Waals surface area contributed by atoms with Crippen molar-refractivity contribution in [2.45, 2.75) is 6.92 Å². The van der Waals surface area contributed by atoms with Crippen LogP contribution in [0.15, 0.2) is 48.7 Å². The summed E-state index contributed by atoms with van der Waals surface area (Å²) in [6.45, 7) is 1.41. The molecule has 0 radical (unpaired) electrons. The Morgan fingerprint density at radius 1 is 1.16 bits per heavy atom. The molecule has 0 aliphatic rings. The molecule has 0 atom stereocenters. The number of hydrogen-bond acceptors (Lipinski definition) is 4. The number of aromatic nitrogens is 1. The van der Waals surface area contributed by atoms with Gasteiger partial charge in [0.05, 0.1) is 0 Å². The molecule has 0 fully saturated rings. The Hall–Kier alpha value is -2.69. The topological polar surface area (TPSA) is 68.3 Å². The summed E-state index contributed by atoms with van der Waals surface area (Å²) in [6, 6.07) is 11.8. The van der Waals surface area contributed by atoms with Crippen LogP contribution in [-0.4, -0.2) is 16.9 Å². The number of amides is 1. The van der Waals surface area contributed by atoms with E-state index in [2.05, 4.69) is 10.3 Å². The number of ether oxygens (including phenoxy) is 1. The fraction of sp³-hybridized carbons (Fsp3) is 0.0714. The van der Waals surface area contributed by atoms with E-state index >= 15 is 0 Å². The number of para-hydroxylation sites is 1. The van der Waals surface area contributed by atoms with E-state index in [9.17, 15) is 9.59 Å². The van der Waals surface area contributed by atoms with E-state index < -0.39 is 6.09 Å². The van der Waals surface area contributed by atoms with Crippen LogP contribution in [-0.2, 0) is 0 Å². The second kappa shape index (κ2) is 5.77. The molecule has 1 aromatic heterocycles. The zero-order chi connectivity index (χ0) is 13.7. The first kappa shape index (κ1) is 12.8. The van der Waals surface area contributed by atoms with Crippen molar-refractivity contribution in [3.05, 3.63) is 54.4 Å². The highest BCUT2D eigenvalue weighted by molar-refractivity contribution is 5.94. The number of anilines is 1. The Bertz CT molecular complexity index is 597. The molecule has 5 nitrogen and oxygen atoms in total. The molecule has 0 aliphatic heterocycles. The van der Waals surface area contributed by atoms with Gasteiger partial charge in [-0.25, -0.2) is 4.79 Å². The fourth-order valence-electron chi connectivity index (χ4n) is 1.44. The van der Waals surface area contributed by atoms with E-state index in [0.717, 1.165) is 0 Å². The molecule has 1 heterocycles. The maximum atomic E-state index is 11.6. The van der Waals surface area contributed by atoms with Crippen molar-refractivity contribution in [2.75, 3.05) is 5.32 Å². The van der Waals surface area contributed by atoms with E-state index in [1.54, 1.807) is 30.3 Å². The smallest absolute Gasteiger partial charge is 0.410 e. The third kappa shape index (κ3) is 3.64. The first-order valence-electron chi connectivity index (χ1n) is 5.66. The van der Waals surface area contributed by atoms with E-state index in [1.165, 1.54) is 19.2 Å². The molecular weight excluding hydrogens is 244 g/mol. The van der Waals surface area contributed by atoms with Crippen LogP contribution in [0.3, 0.4) is 0 Å². The molecule has 2 aromatic rings. The largest absolute Gasteiger partial charge is 0.417 e. The lowest BCUT2D eigenvalue weighted by molar-refractivity contribution is 0.101. The van der Waals surface area contributed by atoms with Gasteiger partial charge in [0.25, 0.3) is 0 Å². The number of nitrogens with one attached hydrogen (secondary N) is 1. The van der Waals surface area contributed by atoms with Crippen molar-refractivity contribution in [3.8, 4) is 5.75 Å². The van der Waals surface area contributed by atoms with Crippen LogP contribution in [0.25, 0.3) is 0 Å². The summed E-state index contributed by atoms with van der Waals surface area (Å²) >= 11 is 0. The summed E-state index contributed by atoms with van der Waals surface area (Å²) in [5, 5.41) is 2.53. The van der Waals surface area contributed by atoms with Crippen LogP contribution in [0.5, 0.6) is 5.75 Å². The average molecular weight is 256 g/mol. The zero-order valence-electron chi connectivity index (χ0n) is 10.3. The van der Waals surface area contributed by atoms with E-state index in [4.69, 9.17) is 4.74 Å². The van der Waals surface area contributed by atoms with Crippen molar-refractivity contribution in [3.63, 3.8) is 0 Å². The van der Waals surface area contributed by atoms with Crippen molar-refractivity contribution in [1.29, 1.82) is 0 Å². The minimum Gasteiger partial charge on any atom is -0.410 e. The van der Waals surface area contributed by atoms with Crippen molar-refractivity contribution >= 4 is 17.6 Å². The Morgan fingerprint density at radius 3 is 2.58 bits per heavy atom. The molecule has 2 rings (SSSR count). The highest BCUT2D eigenvalue weighted by Crippen LogP contribution is 2.12. The molecule has 0 saturated heterocycles. The van der Waals surface area contributed by atoms with Gasteiger partial charge in [-0.05, 0) is 24.3 Å². The second-order valence-electron chi connectivity index (χ2n) is 3.81. The predicted octanol–water partition coefficient (Wildman–Crippen LogP) is 2.90. The number of carbonyl (C=O) groups is 2. The van der Waals surface area contributed by atoms with Gasteiger partial charge in [-0.1, -0.05) is 18.2 Å². The van der Waals surface area contributed by atoms with Crippen LogP contribution in [0.1, 0.15) is 17.4 Å². The fourth-order valence-corrected chi connectivity index (χ4v) is 1.44. The van der Waals surface area contributed by atoms with Gasteiger partial charge < -0.3 is 4.74 Å². The van der Waals surface area contributed by atoms with Crippen LogP contribution in [0.2, 0.25) is 0 Å². The van der Waals surface area contributed by atoms with Crippen LogP contribution < -0.4 is 10.1 Å². The second-order valence-corrected chi connectivity index (χ2v) is 3.81. The first-order valence-corrected chi connectivity index (χ1v) is 5.66. The summed E-state index contributed by atoms with van der Waals surface area (Å²) in [6.07, 6.45) is 0.835. The summed E-state index contributed by atoms with van der Waals surface area (Å²) in [4.78, 5) is 26.7. The molecule has 96 valence electrons. The number of Topliss-reactive ketones (excluding diaryl/α,β-unsaturated/α-hetero) is 1. The van der Waals surface area contributed by atoms with E-state index in [0.29, 0.717) is 11.4 Å². The highest BCUT2D eigenvalue weighted by Gasteiger charge is 2.07. The molecule has 19 heavy (non-hydrogen) atoms. The Kier molecular flexibility index (Phi) is 3.87. The normalized spacial score (nSPS) is 9.74. The SMILES string of the molecule is CC(=O)c1cc(NC(=O)Oc2ccccc2)ccn1. The number of carbonyl (C=O) groups excluding carboxylic acids is 2. The number of nitrogens with zero attached hydrogens (tertiary/aromatic N) is 1. The average Bonchev–Trinajstić information content (AvgIpc) is 2.40. The summed E-state index contributed by atoms with van der Waals surface area (Å²) in [5.41, 5.74) is 0.749. The Balaban J connectivity index is 2.03. The lowest BCUT2D eigenvalue weighted by Gasteiger charge is -2.06. The Morgan fingerprint density at radius 2 is 1.89 bits per heavy atom. The van der Waals surface area contributed by atoms with Crippen LogP contribution in [0.4, 0.5) is 10.5 Å². The number of rotatable bonds is 3. The van der Waals surface area contributed by atoms with Gasteiger partial charge in [0, 0.05) is 18.8 Å². The molecule has 0 unspecified atom stereocenters. The molecule has 5 heteroatoms. The number of pyridine rings is 1. The number of benzene rings is 1. The van der Waals surface area contributed by atoms with Gasteiger partial charge in [0.15, 0.2) is 5.78 Å². The van der Waals surface area contributed by atoms with E-state index in [1.807, 2.05) is 6.07 Å². The van der Waals surface area contributed by atoms with Gasteiger partial charge in [-0.3, -0.25) is 15.1 Å². The minimum atomic E-state index is -0.619. The maximum absolute atomic E-state index is 11.6. The predicted molar refractivity (Wildman–Crippen MR) is 70.3 cm³/mol. The molecular formula is C14H12N2O3. The summed E-state index contributed by atoms with van der Waals surface area (Å²) in [7, 11) is 0. The zero-order valence-corrected chi connectivity index (χ0v) is 10.3. The van der Waals surface area contributed by atoms with Crippen molar-refractivity contribution in [1.82, 2.24) is 4.98 Å². The van der Waals surface area contributed by atoms with Crippen molar-refractivity contribution < 1.29 is 14.3 Å². The van der Waals surface area contributed by atoms with Gasteiger partial charge >= 0.3 is 6.09 Å². The quantitative estimate of drug-likeness (QED) is 0.857. The molecule has 1 aromatic carbocycles. The van der Waals surface area contributed by atoms with Crippen LogP contribution >= 0.6 is 0 Å². The monoisotopic (exact) mass is 256 g/mol. The van der Waals surface area contributed by atoms with Crippen molar-refractivity contribution in [2.24, 2.45) is 0 Å². The van der Waals surface area contributed by atoms with Gasteiger partial charge in [0.2, 0.25) is 0 Å². The first-order chi connectivity index (χ1) is 9.15. The van der Waals surface area contributed by atoms with Gasteiger partial charge in [-0.2, -0.15) is 0 Å². The van der Waals surface area contributed by atoms with Gasteiger partial charge in [0.1, 0.15) is 11.4 Å². The lowest BCUT2D eigenvalue weighted by atomic mass is 10.2. The molecule has 1 amide bonds. The number of ketones is 1. The molecule has 0 bridgehead atoms. The molecule has 1 N–H and O–H groups in total. The standard InChI is InChI=1S/C14H12N2O3/c1-10(17)13-9-11(7-8-15-13)16-14(18)19-12-5-3-2-4-6-12/h2-9H,1H3,(H,15,16,18). The lowest BCUT2D eigenvalue weighted by Crippen LogP contribution is -2.17. The number of hydrogen-bond donors (Lipinski definition) is 1. The Labute approximate surface area is 110 Å². The molecule has 0 saturated carbocycles. The van der Waals surface area contributed by atoms with Gasteiger partial charge in [-0.15, -0.1) is 0 Å². The highest BCUT2D eigenvalue weighted by atomic mass is 16.6. The summed E-state index contributed by atoms with van der Waals surface area (Å²) < 4.78 is 5.06. The third-order valence-corrected chi connectivity index (χ3v) is 2.32. The molecule has 0 aliphatic carbocycles. The third-order valence-electron chi connectivity index (χ3n) is 2.32. The maximum Gasteiger partial charge on any atom is 0.417 e. The van der Waals surface area contributed by atoms with E-state index in [-0.39, 0.29) is 11.5 Å². The van der Waals surface area contributed by atoms with Crippen LogP contribution in [0, 0.1) is 0 Å². The molecule has 0 spiro atoms. The summed E-state index contributed by atoms with van der Waals surface area (Å²) in [5.74, 6) is 0.279. The minimum absolute atomic E-state index is 0.167.